The molecule has 1 aromatic rings. The second-order valence-corrected chi connectivity index (χ2v) is 6.39. The van der Waals surface area contributed by atoms with Gasteiger partial charge in [-0.3, -0.25) is 9.59 Å². The third kappa shape index (κ3) is 3.55. The van der Waals surface area contributed by atoms with Crippen LogP contribution < -0.4 is 0 Å². The van der Waals surface area contributed by atoms with Gasteiger partial charge in [-0.2, -0.15) is 0 Å². The molecule has 0 aliphatic carbocycles. The molecule has 2 aliphatic heterocycles. The summed E-state index contributed by atoms with van der Waals surface area (Å²) in [5, 5.41) is 9.08. The lowest BCUT2D eigenvalue weighted by Crippen LogP contribution is -2.45. The van der Waals surface area contributed by atoms with Crippen molar-refractivity contribution in [3.63, 3.8) is 0 Å². The summed E-state index contributed by atoms with van der Waals surface area (Å²) in [5.74, 6) is -1.11. The second kappa shape index (κ2) is 7.13. The fourth-order valence-electron chi connectivity index (χ4n) is 3.59. The highest BCUT2D eigenvalue weighted by Gasteiger charge is 2.37. The third-order valence-corrected chi connectivity index (χ3v) is 4.92. The third-order valence-electron chi connectivity index (χ3n) is 4.92. The average Bonchev–Trinajstić information content (AvgIpc) is 2.62. The van der Waals surface area contributed by atoms with Gasteiger partial charge in [0.15, 0.2) is 0 Å². The van der Waals surface area contributed by atoms with Gasteiger partial charge in [0, 0.05) is 19.7 Å². The van der Waals surface area contributed by atoms with Crippen molar-refractivity contribution in [2.24, 2.45) is 11.8 Å². The first-order valence-electron chi connectivity index (χ1n) is 8.35. The van der Waals surface area contributed by atoms with Crippen LogP contribution in [0, 0.1) is 11.8 Å². The van der Waals surface area contributed by atoms with Crippen LogP contribution in [0.15, 0.2) is 30.3 Å². The number of ether oxygens (including phenoxy) is 1. The lowest BCUT2D eigenvalue weighted by Gasteiger charge is -2.37. The molecule has 5 nitrogen and oxygen atoms in total. The molecule has 124 valence electrons. The van der Waals surface area contributed by atoms with E-state index in [9.17, 15) is 9.59 Å². The van der Waals surface area contributed by atoms with Gasteiger partial charge in [0.25, 0.3) is 0 Å². The highest BCUT2D eigenvalue weighted by Crippen LogP contribution is 2.35. The summed E-state index contributed by atoms with van der Waals surface area (Å²) < 4.78 is 5.91. The largest absolute Gasteiger partial charge is 0.481 e. The second-order valence-electron chi connectivity index (χ2n) is 6.39. The fraction of sp³-hybridized carbons (Fsp3) is 0.556. The highest BCUT2D eigenvalue weighted by atomic mass is 16.5. The smallest absolute Gasteiger partial charge is 0.306 e. The molecule has 0 radical (unpaired) electrons. The van der Waals surface area contributed by atoms with Gasteiger partial charge in [-0.1, -0.05) is 30.3 Å². The van der Waals surface area contributed by atoms with Crippen molar-refractivity contribution in [3.8, 4) is 0 Å². The summed E-state index contributed by atoms with van der Waals surface area (Å²) in [5.41, 5.74) is 1.05. The highest BCUT2D eigenvalue weighted by molar-refractivity contribution is 5.80. The Labute approximate surface area is 136 Å². The van der Waals surface area contributed by atoms with Crippen LogP contribution >= 0.6 is 0 Å². The number of carbonyl (C=O) groups is 2. The van der Waals surface area contributed by atoms with E-state index >= 15 is 0 Å². The zero-order valence-electron chi connectivity index (χ0n) is 13.2. The monoisotopic (exact) mass is 317 g/mol. The minimum atomic E-state index is -0.750. The number of carboxylic acid groups (broad SMARTS) is 1. The molecule has 2 unspecified atom stereocenters. The van der Waals surface area contributed by atoms with Crippen molar-refractivity contribution in [3.05, 3.63) is 35.9 Å². The Bertz CT molecular complexity index is 551. The van der Waals surface area contributed by atoms with Crippen LogP contribution in [0.1, 0.15) is 37.4 Å². The summed E-state index contributed by atoms with van der Waals surface area (Å²) in [4.78, 5) is 25.8. The van der Waals surface area contributed by atoms with E-state index in [1.807, 2.05) is 35.2 Å². The van der Waals surface area contributed by atoms with Gasteiger partial charge in [0.05, 0.1) is 17.9 Å². The van der Waals surface area contributed by atoms with Crippen molar-refractivity contribution in [2.75, 3.05) is 19.7 Å². The van der Waals surface area contributed by atoms with Crippen molar-refractivity contribution in [1.29, 1.82) is 0 Å². The Morgan fingerprint density at radius 3 is 2.43 bits per heavy atom. The maximum absolute atomic E-state index is 12.9. The van der Waals surface area contributed by atoms with Crippen molar-refractivity contribution >= 4 is 11.9 Å². The normalized spacial score (nSPS) is 26.0. The number of hydrogen-bond acceptors (Lipinski definition) is 3. The quantitative estimate of drug-likeness (QED) is 0.930. The predicted molar refractivity (Wildman–Crippen MR) is 84.8 cm³/mol. The van der Waals surface area contributed by atoms with Crippen molar-refractivity contribution in [1.82, 2.24) is 4.90 Å². The number of hydrogen-bond donors (Lipinski definition) is 1. The lowest BCUT2D eigenvalue weighted by atomic mass is 9.87. The van der Waals surface area contributed by atoms with Gasteiger partial charge in [-0.05, 0) is 31.2 Å². The van der Waals surface area contributed by atoms with Crippen LogP contribution in [0.2, 0.25) is 0 Å². The number of piperidine rings is 1. The zero-order chi connectivity index (χ0) is 16.2. The molecule has 2 heterocycles. The summed E-state index contributed by atoms with van der Waals surface area (Å²) in [7, 11) is 0. The number of carboxylic acids is 1. The summed E-state index contributed by atoms with van der Waals surface area (Å²) >= 11 is 0. The molecule has 2 fully saturated rings. The molecule has 0 bridgehead atoms. The Hall–Kier alpha value is -1.88. The van der Waals surface area contributed by atoms with E-state index in [4.69, 9.17) is 9.84 Å². The maximum atomic E-state index is 12.9. The Balaban J connectivity index is 1.69. The van der Waals surface area contributed by atoms with Crippen LogP contribution in [0.4, 0.5) is 0 Å². The standard InChI is InChI=1S/C18H23NO4/c20-17(19-10-8-14(9-11-19)18(21)22)15-7-4-12-23-16(15)13-5-2-1-3-6-13/h1-3,5-6,14-16H,4,7-12H2,(H,21,22). The van der Waals surface area contributed by atoms with E-state index < -0.39 is 5.97 Å². The molecule has 0 aromatic heterocycles. The van der Waals surface area contributed by atoms with Gasteiger partial charge in [0.1, 0.15) is 0 Å². The fourth-order valence-corrected chi connectivity index (χ4v) is 3.59. The van der Waals surface area contributed by atoms with Crippen molar-refractivity contribution < 1.29 is 19.4 Å². The average molecular weight is 317 g/mol. The first-order chi connectivity index (χ1) is 11.2. The molecular formula is C18H23NO4. The van der Waals surface area contributed by atoms with Crippen molar-refractivity contribution in [2.45, 2.75) is 31.8 Å². The first-order valence-corrected chi connectivity index (χ1v) is 8.35. The number of aliphatic carboxylic acids is 1. The summed E-state index contributed by atoms with van der Waals surface area (Å²) in [6, 6.07) is 9.90. The predicted octanol–water partition coefficient (Wildman–Crippen LogP) is 2.48. The van der Waals surface area contributed by atoms with Crippen LogP contribution in [0.5, 0.6) is 0 Å². The zero-order valence-corrected chi connectivity index (χ0v) is 13.2. The van der Waals surface area contributed by atoms with E-state index in [0.717, 1.165) is 18.4 Å². The first kappa shape index (κ1) is 16.0. The maximum Gasteiger partial charge on any atom is 0.306 e. The SMILES string of the molecule is O=C(O)C1CCN(C(=O)C2CCCOC2c2ccccc2)CC1. The molecule has 1 amide bonds. The van der Waals surface area contributed by atoms with E-state index in [1.54, 1.807) is 0 Å². The molecule has 0 saturated carbocycles. The van der Waals surface area contributed by atoms with Crippen LogP contribution in [0.25, 0.3) is 0 Å². The number of rotatable bonds is 3. The Kier molecular flexibility index (Phi) is 4.96. The Morgan fingerprint density at radius 2 is 1.78 bits per heavy atom. The molecule has 2 atom stereocenters. The molecule has 2 aliphatic rings. The molecule has 3 rings (SSSR count). The molecule has 0 spiro atoms. The summed E-state index contributed by atoms with van der Waals surface area (Å²) in [6.45, 7) is 1.76. The van der Waals surface area contributed by atoms with Gasteiger partial charge < -0.3 is 14.7 Å². The van der Waals surface area contributed by atoms with Gasteiger partial charge >= 0.3 is 5.97 Å². The van der Waals surface area contributed by atoms with Gasteiger partial charge in [0.2, 0.25) is 5.91 Å². The van der Waals surface area contributed by atoms with Gasteiger partial charge in [-0.25, -0.2) is 0 Å². The number of nitrogens with zero attached hydrogens (tertiary/aromatic N) is 1. The number of amides is 1. The van der Waals surface area contributed by atoms with Crippen LogP contribution in [0.3, 0.4) is 0 Å². The number of benzene rings is 1. The topological polar surface area (TPSA) is 66.8 Å². The molecule has 2 saturated heterocycles. The summed E-state index contributed by atoms with van der Waals surface area (Å²) in [6.07, 6.45) is 2.63. The van der Waals surface area contributed by atoms with E-state index in [0.29, 0.717) is 32.5 Å². The molecular weight excluding hydrogens is 294 g/mol. The van der Waals surface area contributed by atoms with Crippen LogP contribution in [-0.2, 0) is 14.3 Å². The van der Waals surface area contributed by atoms with E-state index in [-0.39, 0.29) is 23.8 Å². The minimum Gasteiger partial charge on any atom is -0.481 e. The molecule has 23 heavy (non-hydrogen) atoms. The molecule has 1 aromatic carbocycles. The van der Waals surface area contributed by atoms with Crippen LogP contribution in [-0.4, -0.2) is 41.6 Å². The van der Waals surface area contributed by atoms with Gasteiger partial charge in [-0.15, -0.1) is 0 Å². The number of carbonyl (C=O) groups excluding carboxylic acids is 1. The molecule has 5 heteroatoms. The minimum absolute atomic E-state index is 0.113. The molecule has 1 N–H and O–H groups in total. The van der Waals surface area contributed by atoms with E-state index in [1.165, 1.54) is 0 Å². The Morgan fingerprint density at radius 1 is 1.09 bits per heavy atom. The number of likely N-dealkylation sites (tertiary alicyclic amines) is 1. The van der Waals surface area contributed by atoms with E-state index in [2.05, 4.69) is 0 Å². The lowest BCUT2D eigenvalue weighted by molar-refractivity contribution is -0.151.